The van der Waals surface area contributed by atoms with Gasteiger partial charge in [-0.25, -0.2) is 0 Å². The van der Waals surface area contributed by atoms with Crippen molar-refractivity contribution in [2.45, 2.75) is 25.7 Å². The van der Waals surface area contributed by atoms with Crippen molar-refractivity contribution in [3.05, 3.63) is 11.4 Å². The van der Waals surface area contributed by atoms with Gasteiger partial charge in [0.2, 0.25) is 0 Å². The van der Waals surface area contributed by atoms with E-state index in [1.54, 1.807) is 7.05 Å². The summed E-state index contributed by atoms with van der Waals surface area (Å²) in [5.74, 6) is -0.370. The first-order valence-corrected chi connectivity index (χ1v) is 4.79. The van der Waals surface area contributed by atoms with Gasteiger partial charge in [0.15, 0.2) is 0 Å². The van der Waals surface area contributed by atoms with Crippen LogP contribution in [0.1, 0.15) is 30.7 Å². The Bertz CT molecular complexity index is 359. The van der Waals surface area contributed by atoms with Crippen LogP contribution in [0.3, 0.4) is 0 Å². The molecule has 0 bridgehead atoms. The van der Waals surface area contributed by atoms with E-state index in [9.17, 15) is 4.79 Å². The molecule has 0 radical (unpaired) electrons. The summed E-state index contributed by atoms with van der Waals surface area (Å²) in [4.78, 5) is 13.0. The molecule has 1 aliphatic carbocycles. The zero-order valence-electron chi connectivity index (χ0n) is 8.36. The van der Waals surface area contributed by atoms with E-state index in [1.165, 1.54) is 4.80 Å². The van der Waals surface area contributed by atoms with Crippen molar-refractivity contribution < 1.29 is 9.53 Å². The SMILES string of the molecule is CCOC(=O)C1CCc2nn(C)nc21. The molecule has 1 atom stereocenters. The minimum Gasteiger partial charge on any atom is -0.465 e. The fraction of sp³-hybridized carbons (Fsp3) is 0.667. The molecular formula is C9H13N3O2. The topological polar surface area (TPSA) is 57.0 Å². The molecule has 1 aromatic heterocycles. The first-order valence-electron chi connectivity index (χ1n) is 4.79. The van der Waals surface area contributed by atoms with E-state index in [-0.39, 0.29) is 11.9 Å². The van der Waals surface area contributed by atoms with Gasteiger partial charge in [-0.3, -0.25) is 4.79 Å². The van der Waals surface area contributed by atoms with Gasteiger partial charge in [-0.2, -0.15) is 15.0 Å². The van der Waals surface area contributed by atoms with Crippen LogP contribution in [-0.2, 0) is 23.0 Å². The predicted molar refractivity (Wildman–Crippen MR) is 48.7 cm³/mol. The lowest BCUT2D eigenvalue weighted by Gasteiger charge is -2.06. The normalized spacial score (nSPS) is 19.4. The van der Waals surface area contributed by atoms with E-state index >= 15 is 0 Å². The second-order valence-electron chi connectivity index (χ2n) is 3.36. The first-order chi connectivity index (χ1) is 6.72. The number of carbonyl (C=O) groups is 1. The first kappa shape index (κ1) is 9.18. The number of rotatable bonds is 2. The zero-order chi connectivity index (χ0) is 10.1. The number of esters is 1. The summed E-state index contributed by atoms with van der Waals surface area (Å²) in [6.07, 6.45) is 1.61. The molecule has 1 heterocycles. The Morgan fingerprint density at radius 1 is 1.64 bits per heavy atom. The number of fused-ring (bicyclic) bond motifs is 1. The minimum atomic E-state index is -0.196. The van der Waals surface area contributed by atoms with Gasteiger partial charge in [0, 0.05) is 7.05 Å². The summed E-state index contributed by atoms with van der Waals surface area (Å²) in [5.41, 5.74) is 1.73. The van der Waals surface area contributed by atoms with E-state index in [0.29, 0.717) is 6.61 Å². The molecule has 0 N–H and O–H groups in total. The molecule has 0 fully saturated rings. The van der Waals surface area contributed by atoms with Gasteiger partial charge in [-0.15, -0.1) is 0 Å². The third kappa shape index (κ3) is 1.38. The minimum absolute atomic E-state index is 0.174. The molecule has 1 aromatic rings. The highest BCUT2D eigenvalue weighted by molar-refractivity contribution is 5.78. The van der Waals surface area contributed by atoms with Crippen molar-refractivity contribution in [3.8, 4) is 0 Å². The van der Waals surface area contributed by atoms with Crippen LogP contribution in [-0.4, -0.2) is 27.6 Å². The Labute approximate surface area is 82.1 Å². The highest BCUT2D eigenvalue weighted by Gasteiger charge is 2.33. The number of hydrogen-bond acceptors (Lipinski definition) is 4. The van der Waals surface area contributed by atoms with E-state index < -0.39 is 0 Å². The van der Waals surface area contributed by atoms with Crippen molar-refractivity contribution in [1.29, 1.82) is 0 Å². The third-order valence-corrected chi connectivity index (χ3v) is 2.38. The zero-order valence-corrected chi connectivity index (χ0v) is 8.36. The predicted octanol–water partition coefficient (Wildman–Crippen LogP) is 0.408. The van der Waals surface area contributed by atoms with Crippen LogP contribution in [0.4, 0.5) is 0 Å². The fourth-order valence-corrected chi connectivity index (χ4v) is 1.80. The van der Waals surface area contributed by atoms with Gasteiger partial charge in [0.25, 0.3) is 0 Å². The number of aryl methyl sites for hydroxylation is 2. The number of hydrogen-bond donors (Lipinski definition) is 0. The summed E-state index contributed by atoms with van der Waals surface area (Å²) in [5, 5.41) is 8.36. The van der Waals surface area contributed by atoms with Crippen molar-refractivity contribution >= 4 is 5.97 Å². The van der Waals surface area contributed by atoms with Gasteiger partial charge in [0.05, 0.1) is 12.3 Å². The smallest absolute Gasteiger partial charge is 0.315 e. The monoisotopic (exact) mass is 195 g/mol. The summed E-state index contributed by atoms with van der Waals surface area (Å²) in [7, 11) is 1.76. The number of ether oxygens (including phenoxy) is 1. The maximum atomic E-state index is 11.5. The molecule has 0 saturated carbocycles. The van der Waals surface area contributed by atoms with Gasteiger partial charge in [0.1, 0.15) is 11.6 Å². The van der Waals surface area contributed by atoms with Gasteiger partial charge < -0.3 is 4.74 Å². The standard InChI is InChI=1S/C9H13N3O2/c1-3-14-9(13)6-4-5-7-8(6)11-12(2)10-7/h6H,3-5H2,1-2H3. The van der Waals surface area contributed by atoms with E-state index in [4.69, 9.17) is 4.74 Å². The van der Waals surface area contributed by atoms with Crippen LogP contribution in [0, 0.1) is 0 Å². The van der Waals surface area contributed by atoms with Crippen LogP contribution >= 0.6 is 0 Å². The van der Waals surface area contributed by atoms with Crippen molar-refractivity contribution in [2.75, 3.05) is 6.61 Å². The van der Waals surface area contributed by atoms with Crippen LogP contribution in [0.2, 0.25) is 0 Å². The largest absolute Gasteiger partial charge is 0.465 e. The Morgan fingerprint density at radius 3 is 3.14 bits per heavy atom. The molecule has 1 aliphatic rings. The third-order valence-electron chi connectivity index (χ3n) is 2.38. The Morgan fingerprint density at radius 2 is 2.43 bits per heavy atom. The molecule has 5 heteroatoms. The Balaban J connectivity index is 2.20. The number of carbonyl (C=O) groups excluding carboxylic acids is 1. The second kappa shape index (κ2) is 3.40. The molecule has 0 spiro atoms. The average Bonchev–Trinajstić information content (AvgIpc) is 2.62. The Kier molecular flexibility index (Phi) is 2.23. The highest BCUT2D eigenvalue weighted by Crippen LogP contribution is 2.30. The molecule has 76 valence electrons. The van der Waals surface area contributed by atoms with Crippen molar-refractivity contribution in [3.63, 3.8) is 0 Å². The average molecular weight is 195 g/mol. The molecule has 0 aromatic carbocycles. The molecule has 2 rings (SSSR count). The van der Waals surface area contributed by atoms with E-state index in [2.05, 4.69) is 10.2 Å². The van der Waals surface area contributed by atoms with Crippen LogP contribution in [0.25, 0.3) is 0 Å². The summed E-state index contributed by atoms with van der Waals surface area (Å²) >= 11 is 0. The quantitative estimate of drug-likeness (QED) is 0.641. The molecule has 5 nitrogen and oxygen atoms in total. The highest BCUT2D eigenvalue weighted by atomic mass is 16.5. The van der Waals surface area contributed by atoms with E-state index in [1.807, 2.05) is 6.92 Å². The summed E-state index contributed by atoms with van der Waals surface area (Å²) in [6, 6.07) is 0. The molecule has 1 unspecified atom stereocenters. The molecule has 0 aliphatic heterocycles. The summed E-state index contributed by atoms with van der Waals surface area (Å²) in [6.45, 7) is 2.23. The lowest BCUT2D eigenvalue weighted by Crippen LogP contribution is -2.14. The van der Waals surface area contributed by atoms with Crippen LogP contribution in [0.5, 0.6) is 0 Å². The lowest BCUT2D eigenvalue weighted by atomic mass is 10.1. The molecule has 0 saturated heterocycles. The molecule has 0 amide bonds. The maximum absolute atomic E-state index is 11.5. The number of nitrogens with zero attached hydrogens (tertiary/aromatic N) is 3. The summed E-state index contributed by atoms with van der Waals surface area (Å²) < 4.78 is 4.98. The van der Waals surface area contributed by atoms with Crippen LogP contribution < -0.4 is 0 Å². The number of aromatic nitrogens is 3. The van der Waals surface area contributed by atoms with Crippen molar-refractivity contribution in [2.24, 2.45) is 7.05 Å². The van der Waals surface area contributed by atoms with Gasteiger partial charge >= 0.3 is 5.97 Å². The van der Waals surface area contributed by atoms with Gasteiger partial charge in [-0.1, -0.05) is 0 Å². The van der Waals surface area contributed by atoms with Gasteiger partial charge in [-0.05, 0) is 19.8 Å². The molecule has 14 heavy (non-hydrogen) atoms. The molecular weight excluding hydrogens is 182 g/mol. The maximum Gasteiger partial charge on any atom is 0.315 e. The lowest BCUT2D eigenvalue weighted by molar-refractivity contribution is -0.145. The Hall–Kier alpha value is -1.39. The fourth-order valence-electron chi connectivity index (χ4n) is 1.80. The van der Waals surface area contributed by atoms with E-state index in [0.717, 1.165) is 24.2 Å². The van der Waals surface area contributed by atoms with Crippen LogP contribution in [0.15, 0.2) is 0 Å². The second-order valence-corrected chi connectivity index (χ2v) is 3.36. The van der Waals surface area contributed by atoms with Crippen molar-refractivity contribution in [1.82, 2.24) is 15.0 Å².